The molecule has 3 heterocycles. The molecule has 8 nitrogen and oxygen atoms in total. The van der Waals surface area contributed by atoms with Crippen LogP contribution >= 0.6 is 15.9 Å². The van der Waals surface area contributed by atoms with Gasteiger partial charge >= 0.3 is 0 Å². The van der Waals surface area contributed by atoms with Crippen LogP contribution in [0.3, 0.4) is 0 Å². The minimum absolute atomic E-state index is 0.165. The molecule has 0 atom stereocenters. The number of ether oxygens (including phenoxy) is 4. The molecule has 0 unspecified atom stereocenters. The molecule has 160 valence electrons. The number of hydrogen-bond acceptors (Lipinski definition) is 8. The fraction of sp³-hybridized carbons (Fsp3) is 0.273. The van der Waals surface area contributed by atoms with Crippen molar-refractivity contribution in [2.24, 2.45) is 0 Å². The van der Waals surface area contributed by atoms with Gasteiger partial charge in [0.15, 0.2) is 11.5 Å². The van der Waals surface area contributed by atoms with Gasteiger partial charge in [0.05, 0.1) is 18.7 Å². The Labute approximate surface area is 187 Å². The Balaban J connectivity index is 1.60. The Morgan fingerprint density at radius 2 is 1.84 bits per heavy atom. The summed E-state index contributed by atoms with van der Waals surface area (Å²) in [6.07, 6.45) is 2.78. The normalized spacial score (nSPS) is 14.7. The predicted molar refractivity (Wildman–Crippen MR) is 117 cm³/mol. The van der Waals surface area contributed by atoms with E-state index in [1.165, 1.54) is 0 Å². The van der Waals surface area contributed by atoms with Crippen LogP contribution in [0.4, 0.5) is 0 Å². The quantitative estimate of drug-likeness (QED) is 0.542. The van der Waals surface area contributed by atoms with Crippen LogP contribution in [-0.4, -0.2) is 49.6 Å². The van der Waals surface area contributed by atoms with Crippen molar-refractivity contribution in [2.45, 2.75) is 6.42 Å². The van der Waals surface area contributed by atoms with E-state index in [1.54, 1.807) is 14.2 Å². The zero-order valence-electron chi connectivity index (χ0n) is 17.3. The highest BCUT2D eigenvalue weighted by atomic mass is 79.9. The Hall–Kier alpha value is -3.20. The molecule has 0 fully saturated rings. The van der Waals surface area contributed by atoms with Gasteiger partial charge in [0, 0.05) is 24.7 Å². The van der Waals surface area contributed by atoms with Crippen LogP contribution in [-0.2, 0) is 6.42 Å². The molecule has 0 saturated carbocycles. The van der Waals surface area contributed by atoms with E-state index in [0.717, 1.165) is 45.6 Å². The molecule has 5 rings (SSSR count). The van der Waals surface area contributed by atoms with Crippen LogP contribution < -0.4 is 18.9 Å². The SMILES string of the molecule is COc1ccc(-c2noc(C3=Cc4c(c(Br)c5c(c4OC)OCO5)CCN3C)n2)cc1. The van der Waals surface area contributed by atoms with E-state index in [0.29, 0.717) is 29.0 Å². The highest BCUT2D eigenvalue weighted by Gasteiger charge is 2.31. The minimum Gasteiger partial charge on any atom is -0.497 e. The second-order valence-corrected chi connectivity index (χ2v) is 7.95. The maximum absolute atomic E-state index is 5.71. The van der Waals surface area contributed by atoms with E-state index >= 15 is 0 Å². The number of methoxy groups -OCH3 is 2. The van der Waals surface area contributed by atoms with Gasteiger partial charge in [-0.3, -0.25) is 0 Å². The summed E-state index contributed by atoms with van der Waals surface area (Å²) in [6, 6.07) is 7.52. The van der Waals surface area contributed by atoms with Gasteiger partial charge in [-0.15, -0.1) is 0 Å². The maximum Gasteiger partial charge on any atom is 0.274 e. The molecule has 2 aliphatic heterocycles. The molecule has 9 heteroatoms. The maximum atomic E-state index is 5.71. The summed E-state index contributed by atoms with van der Waals surface area (Å²) in [4.78, 5) is 6.73. The van der Waals surface area contributed by atoms with Crippen LogP contribution in [0.1, 0.15) is 17.0 Å². The van der Waals surface area contributed by atoms with Crippen molar-refractivity contribution in [3.05, 3.63) is 45.8 Å². The second-order valence-electron chi connectivity index (χ2n) is 7.16. The molecule has 0 spiro atoms. The molecule has 1 aromatic heterocycles. The molecule has 0 amide bonds. The number of nitrogens with zero attached hydrogens (tertiary/aromatic N) is 3. The number of halogens is 1. The highest BCUT2D eigenvalue weighted by molar-refractivity contribution is 9.10. The van der Waals surface area contributed by atoms with E-state index in [9.17, 15) is 0 Å². The summed E-state index contributed by atoms with van der Waals surface area (Å²) in [5.74, 6) is 3.61. The van der Waals surface area contributed by atoms with Gasteiger partial charge < -0.3 is 28.4 Å². The van der Waals surface area contributed by atoms with Gasteiger partial charge in [-0.25, -0.2) is 0 Å². The number of fused-ring (bicyclic) bond motifs is 2. The standard InChI is InChI=1S/C22H20BrN3O5/c1-26-9-8-14-15(18(28-3)20-19(17(14)23)29-11-30-20)10-16(26)22-24-21(25-31-22)12-4-6-13(27-2)7-5-12/h4-7,10H,8-9,11H2,1-3H3. The lowest BCUT2D eigenvalue weighted by Crippen LogP contribution is -2.18. The van der Waals surface area contributed by atoms with Gasteiger partial charge in [0.1, 0.15) is 11.4 Å². The van der Waals surface area contributed by atoms with Crippen molar-refractivity contribution in [1.29, 1.82) is 0 Å². The van der Waals surface area contributed by atoms with Crippen LogP contribution in [0.5, 0.6) is 23.0 Å². The number of hydrogen-bond donors (Lipinski definition) is 0. The molecular weight excluding hydrogens is 466 g/mol. The van der Waals surface area contributed by atoms with E-state index in [2.05, 4.69) is 31.0 Å². The highest BCUT2D eigenvalue weighted by Crippen LogP contribution is 2.52. The van der Waals surface area contributed by atoms with Crippen molar-refractivity contribution in [3.8, 4) is 34.4 Å². The molecule has 31 heavy (non-hydrogen) atoms. The summed E-state index contributed by atoms with van der Waals surface area (Å²) in [5, 5.41) is 4.18. The number of benzene rings is 2. The van der Waals surface area contributed by atoms with Crippen molar-refractivity contribution in [2.75, 3.05) is 34.6 Å². The van der Waals surface area contributed by atoms with Crippen molar-refractivity contribution >= 4 is 27.7 Å². The van der Waals surface area contributed by atoms with Crippen LogP contribution in [0.25, 0.3) is 23.2 Å². The third-order valence-electron chi connectivity index (χ3n) is 5.44. The predicted octanol–water partition coefficient (Wildman–Crippen LogP) is 4.23. The summed E-state index contributed by atoms with van der Waals surface area (Å²) >= 11 is 3.69. The van der Waals surface area contributed by atoms with E-state index in [4.69, 9.17) is 23.5 Å². The molecule has 0 bridgehead atoms. The lowest BCUT2D eigenvalue weighted by molar-refractivity contribution is 0.170. The first-order valence-electron chi connectivity index (χ1n) is 9.70. The zero-order chi connectivity index (χ0) is 21.5. The van der Waals surface area contributed by atoms with Gasteiger partial charge in [0.2, 0.25) is 18.4 Å². The first kappa shape index (κ1) is 19.7. The number of rotatable bonds is 4. The Kier molecular flexibility index (Phi) is 4.97. The molecule has 0 saturated heterocycles. The summed E-state index contributed by atoms with van der Waals surface area (Å²) in [6.45, 7) is 0.916. The van der Waals surface area contributed by atoms with E-state index in [-0.39, 0.29) is 6.79 Å². The summed E-state index contributed by atoms with van der Waals surface area (Å²) < 4.78 is 28.8. The zero-order valence-corrected chi connectivity index (χ0v) is 18.9. The van der Waals surface area contributed by atoms with Gasteiger partial charge in [-0.1, -0.05) is 5.16 Å². The fourth-order valence-corrected chi connectivity index (χ4v) is 4.49. The molecule has 0 radical (unpaired) electrons. The first-order valence-corrected chi connectivity index (χ1v) is 10.5. The van der Waals surface area contributed by atoms with Crippen molar-refractivity contribution < 1.29 is 23.5 Å². The average Bonchev–Trinajstić information content (AvgIpc) is 3.44. The minimum atomic E-state index is 0.165. The monoisotopic (exact) mass is 485 g/mol. The fourth-order valence-electron chi connectivity index (χ4n) is 3.78. The third kappa shape index (κ3) is 3.29. The van der Waals surface area contributed by atoms with Crippen LogP contribution in [0, 0.1) is 0 Å². The Morgan fingerprint density at radius 1 is 1.06 bits per heavy atom. The van der Waals surface area contributed by atoms with Crippen LogP contribution in [0.2, 0.25) is 0 Å². The molecule has 0 aliphatic carbocycles. The molecular formula is C22H20BrN3O5. The smallest absolute Gasteiger partial charge is 0.274 e. The molecule has 0 N–H and O–H groups in total. The second kappa shape index (κ2) is 7.81. The molecule has 3 aromatic rings. The first-order chi connectivity index (χ1) is 15.1. The van der Waals surface area contributed by atoms with E-state index in [1.807, 2.05) is 37.4 Å². The molecule has 2 aliphatic rings. The largest absolute Gasteiger partial charge is 0.497 e. The third-order valence-corrected chi connectivity index (χ3v) is 6.28. The van der Waals surface area contributed by atoms with Gasteiger partial charge in [-0.05, 0) is 58.3 Å². The average molecular weight is 486 g/mol. The van der Waals surface area contributed by atoms with Crippen LogP contribution in [0.15, 0.2) is 33.3 Å². The van der Waals surface area contributed by atoms with Gasteiger partial charge in [-0.2, -0.15) is 4.98 Å². The Bertz CT molecular complexity index is 1170. The van der Waals surface area contributed by atoms with Crippen molar-refractivity contribution in [3.63, 3.8) is 0 Å². The topological polar surface area (TPSA) is 79.1 Å². The number of aromatic nitrogens is 2. The summed E-state index contributed by atoms with van der Waals surface area (Å²) in [5.41, 5.74) is 3.63. The summed E-state index contributed by atoms with van der Waals surface area (Å²) in [7, 11) is 5.25. The van der Waals surface area contributed by atoms with Gasteiger partial charge in [0.25, 0.3) is 5.89 Å². The van der Waals surface area contributed by atoms with Crippen molar-refractivity contribution in [1.82, 2.24) is 15.0 Å². The lowest BCUT2D eigenvalue weighted by atomic mass is 10.0. The van der Waals surface area contributed by atoms with E-state index < -0.39 is 0 Å². The molecule has 2 aromatic carbocycles. The Morgan fingerprint density at radius 3 is 2.58 bits per heavy atom. The number of likely N-dealkylation sites (N-methyl/N-ethyl adjacent to an activating group) is 1. The lowest BCUT2D eigenvalue weighted by Gasteiger charge is -2.17.